The predicted octanol–water partition coefficient (Wildman–Crippen LogP) is 2.77. The van der Waals surface area contributed by atoms with Crippen LogP contribution < -0.4 is 4.90 Å². The van der Waals surface area contributed by atoms with Gasteiger partial charge in [0.05, 0.1) is 12.7 Å². The van der Waals surface area contributed by atoms with Crippen LogP contribution in [0.3, 0.4) is 0 Å². The van der Waals surface area contributed by atoms with Crippen molar-refractivity contribution in [2.24, 2.45) is 0 Å². The zero-order valence-electron chi connectivity index (χ0n) is 10.0. The van der Waals surface area contributed by atoms with E-state index in [9.17, 15) is 4.79 Å². The van der Waals surface area contributed by atoms with Gasteiger partial charge in [-0.3, -0.25) is 4.79 Å². The van der Waals surface area contributed by atoms with Gasteiger partial charge in [-0.1, -0.05) is 12.1 Å². The molecule has 1 heterocycles. The second-order valence-electron chi connectivity index (χ2n) is 4.12. The van der Waals surface area contributed by atoms with Crippen LogP contribution in [0.1, 0.15) is 16.1 Å². The summed E-state index contributed by atoms with van der Waals surface area (Å²) in [4.78, 5) is 14.0. The van der Waals surface area contributed by atoms with Gasteiger partial charge in [0.2, 0.25) is 0 Å². The number of ketones is 1. The Hall–Kier alpha value is -2.03. The maximum absolute atomic E-state index is 12.0. The minimum absolute atomic E-state index is 0.0728. The number of benzene rings is 1. The molecule has 2 aromatic rings. The Morgan fingerprint density at radius 3 is 2.71 bits per heavy atom. The first-order chi connectivity index (χ1) is 8.16. The Morgan fingerprint density at radius 2 is 2.06 bits per heavy atom. The third-order valence-corrected chi connectivity index (χ3v) is 2.60. The molecule has 2 rings (SSSR count). The maximum Gasteiger partial charge on any atom is 0.170 e. The molecule has 0 saturated heterocycles. The van der Waals surface area contributed by atoms with E-state index in [1.165, 1.54) is 0 Å². The van der Waals surface area contributed by atoms with Gasteiger partial charge in [-0.25, -0.2) is 0 Å². The summed E-state index contributed by atoms with van der Waals surface area (Å²) < 4.78 is 5.17. The van der Waals surface area contributed by atoms with Crippen molar-refractivity contribution in [3.63, 3.8) is 0 Å². The lowest BCUT2D eigenvalue weighted by atomic mass is 10.1. The highest BCUT2D eigenvalue weighted by molar-refractivity contribution is 5.98. The molecule has 1 aromatic carbocycles. The van der Waals surface area contributed by atoms with Crippen molar-refractivity contribution >= 4 is 11.5 Å². The quantitative estimate of drug-likeness (QED) is 0.756. The van der Waals surface area contributed by atoms with Crippen LogP contribution in [0.5, 0.6) is 0 Å². The number of furan rings is 1. The fraction of sp³-hybridized carbons (Fsp3) is 0.214. The first kappa shape index (κ1) is 11.5. The van der Waals surface area contributed by atoms with Gasteiger partial charge in [0.25, 0.3) is 0 Å². The summed E-state index contributed by atoms with van der Waals surface area (Å²) in [5, 5.41) is 0. The van der Waals surface area contributed by atoms with Crippen LogP contribution in [0.2, 0.25) is 0 Å². The number of hydrogen-bond acceptors (Lipinski definition) is 3. The minimum atomic E-state index is 0.0728. The molecule has 17 heavy (non-hydrogen) atoms. The number of carbonyl (C=O) groups excluding carboxylic acids is 1. The van der Waals surface area contributed by atoms with Crippen molar-refractivity contribution in [3.05, 3.63) is 54.0 Å². The van der Waals surface area contributed by atoms with E-state index in [-0.39, 0.29) is 5.78 Å². The van der Waals surface area contributed by atoms with Gasteiger partial charge in [0, 0.05) is 25.3 Å². The molecule has 0 atom stereocenters. The van der Waals surface area contributed by atoms with E-state index in [0.29, 0.717) is 17.7 Å². The third kappa shape index (κ3) is 2.75. The van der Waals surface area contributed by atoms with Crippen LogP contribution in [0.25, 0.3) is 0 Å². The highest BCUT2D eigenvalue weighted by Crippen LogP contribution is 2.15. The summed E-state index contributed by atoms with van der Waals surface area (Å²) in [6.45, 7) is 0. The molecule has 0 bridgehead atoms. The highest BCUT2D eigenvalue weighted by Gasteiger charge is 2.09. The molecular formula is C14H15NO2. The van der Waals surface area contributed by atoms with E-state index in [4.69, 9.17) is 4.42 Å². The molecule has 0 saturated carbocycles. The number of nitrogens with zero attached hydrogens (tertiary/aromatic N) is 1. The zero-order chi connectivity index (χ0) is 12.3. The number of hydrogen-bond donors (Lipinski definition) is 0. The largest absolute Gasteiger partial charge is 0.469 e. The van der Waals surface area contributed by atoms with Crippen molar-refractivity contribution in [2.75, 3.05) is 19.0 Å². The molecule has 0 amide bonds. The van der Waals surface area contributed by atoms with Crippen molar-refractivity contribution < 1.29 is 9.21 Å². The molecule has 3 heteroatoms. The van der Waals surface area contributed by atoms with E-state index >= 15 is 0 Å². The first-order valence-electron chi connectivity index (χ1n) is 5.50. The highest BCUT2D eigenvalue weighted by atomic mass is 16.3. The first-order valence-corrected chi connectivity index (χ1v) is 5.50. The molecule has 0 unspecified atom stereocenters. The number of rotatable bonds is 4. The molecule has 0 aliphatic rings. The predicted molar refractivity (Wildman–Crippen MR) is 67.5 cm³/mol. The van der Waals surface area contributed by atoms with Crippen LogP contribution in [-0.4, -0.2) is 19.9 Å². The fourth-order valence-electron chi connectivity index (χ4n) is 1.63. The Kier molecular flexibility index (Phi) is 3.28. The van der Waals surface area contributed by atoms with E-state index in [0.717, 1.165) is 5.69 Å². The molecule has 0 radical (unpaired) electrons. The number of anilines is 1. The topological polar surface area (TPSA) is 33.5 Å². The monoisotopic (exact) mass is 229 g/mol. The molecule has 0 fully saturated rings. The van der Waals surface area contributed by atoms with Gasteiger partial charge in [-0.2, -0.15) is 0 Å². The summed E-state index contributed by atoms with van der Waals surface area (Å²) in [5.41, 5.74) is 1.74. The van der Waals surface area contributed by atoms with Crippen molar-refractivity contribution in [1.82, 2.24) is 0 Å². The zero-order valence-corrected chi connectivity index (χ0v) is 10.0. The SMILES string of the molecule is CN(C)c1cccc(C(=O)Cc2ccco2)c1. The van der Waals surface area contributed by atoms with Gasteiger partial charge in [0.15, 0.2) is 5.78 Å². The molecule has 88 valence electrons. The lowest BCUT2D eigenvalue weighted by Crippen LogP contribution is -2.10. The second kappa shape index (κ2) is 4.87. The molecule has 1 aromatic heterocycles. The summed E-state index contributed by atoms with van der Waals surface area (Å²) in [7, 11) is 3.91. The van der Waals surface area contributed by atoms with Crippen molar-refractivity contribution in [2.45, 2.75) is 6.42 Å². The standard InChI is InChI=1S/C14H15NO2/c1-15(2)12-6-3-5-11(9-12)14(16)10-13-7-4-8-17-13/h3-9H,10H2,1-2H3. The van der Waals surface area contributed by atoms with E-state index in [1.807, 2.05) is 49.3 Å². The van der Waals surface area contributed by atoms with Crippen LogP contribution >= 0.6 is 0 Å². The molecule has 3 nitrogen and oxygen atoms in total. The van der Waals surface area contributed by atoms with Gasteiger partial charge in [-0.15, -0.1) is 0 Å². The van der Waals surface area contributed by atoms with Gasteiger partial charge in [-0.05, 0) is 24.3 Å². The Bertz CT molecular complexity index is 501. The van der Waals surface area contributed by atoms with Gasteiger partial charge in [0.1, 0.15) is 5.76 Å². The van der Waals surface area contributed by atoms with Crippen LogP contribution in [0.15, 0.2) is 47.1 Å². The van der Waals surface area contributed by atoms with Crippen LogP contribution in [-0.2, 0) is 6.42 Å². The van der Waals surface area contributed by atoms with E-state index < -0.39 is 0 Å². The maximum atomic E-state index is 12.0. The molecular weight excluding hydrogens is 214 g/mol. The van der Waals surface area contributed by atoms with E-state index in [2.05, 4.69) is 0 Å². The summed E-state index contributed by atoms with van der Waals surface area (Å²) in [5.74, 6) is 0.772. The number of Topliss-reactive ketones (excluding diaryl/α,β-unsaturated/α-hetero) is 1. The third-order valence-electron chi connectivity index (χ3n) is 2.60. The summed E-state index contributed by atoms with van der Waals surface area (Å²) in [6.07, 6.45) is 1.89. The van der Waals surface area contributed by atoms with E-state index in [1.54, 1.807) is 12.3 Å². The molecule has 0 N–H and O–H groups in total. The fourth-order valence-corrected chi connectivity index (χ4v) is 1.63. The minimum Gasteiger partial charge on any atom is -0.469 e. The summed E-state index contributed by atoms with van der Waals surface area (Å²) >= 11 is 0. The number of carbonyl (C=O) groups is 1. The smallest absolute Gasteiger partial charge is 0.170 e. The summed E-state index contributed by atoms with van der Waals surface area (Å²) in [6, 6.07) is 11.2. The normalized spacial score (nSPS) is 10.2. The second-order valence-corrected chi connectivity index (χ2v) is 4.12. The molecule has 0 aliphatic carbocycles. The average molecular weight is 229 g/mol. The van der Waals surface area contributed by atoms with Gasteiger partial charge < -0.3 is 9.32 Å². The average Bonchev–Trinajstić information content (AvgIpc) is 2.82. The van der Waals surface area contributed by atoms with Crippen LogP contribution in [0.4, 0.5) is 5.69 Å². The van der Waals surface area contributed by atoms with Crippen LogP contribution in [0, 0.1) is 0 Å². The Labute approximate surface area is 101 Å². The lowest BCUT2D eigenvalue weighted by Gasteiger charge is -2.12. The Balaban J connectivity index is 2.16. The molecule has 0 aliphatic heterocycles. The lowest BCUT2D eigenvalue weighted by molar-refractivity contribution is 0.0987. The van der Waals surface area contributed by atoms with Gasteiger partial charge >= 0.3 is 0 Å². The van der Waals surface area contributed by atoms with Crippen molar-refractivity contribution in [3.8, 4) is 0 Å². The molecule has 0 spiro atoms. The Morgan fingerprint density at radius 1 is 1.24 bits per heavy atom. The van der Waals surface area contributed by atoms with Crippen molar-refractivity contribution in [1.29, 1.82) is 0 Å².